The third kappa shape index (κ3) is 3.25. The van der Waals surface area contributed by atoms with Crippen LogP contribution in [0.3, 0.4) is 0 Å². The van der Waals surface area contributed by atoms with Crippen molar-refractivity contribution in [2.75, 3.05) is 19.6 Å². The van der Waals surface area contributed by atoms with Crippen LogP contribution in [0, 0.1) is 0 Å². The lowest BCUT2D eigenvalue weighted by Crippen LogP contribution is -2.47. The van der Waals surface area contributed by atoms with E-state index in [9.17, 15) is 4.79 Å². The molecule has 0 saturated carbocycles. The van der Waals surface area contributed by atoms with E-state index in [1.165, 1.54) is 0 Å². The first-order chi connectivity index (χ1) is 10.2. The molecule has 2 aromatic heterocycles. The minimum Gasteiger partial charge on any atom is -0.354 e. The largest absolute Gasteiger partial charge is 0.354 e. The summed E-state index contributed by atoms with van der Waals surface area (Å²) in [6, 6.07) is 5.87. The van der Waals surface area contributed by atoms with Gasteiger partial charge in [-0.25, -0.2) is 4.68 Å². The minimum absolute atomic E-state index is 0.0390. The van der Waals surface area contributed by atoms with Crippen molar-refractivity contribution in [1.29, 1.82) is 0 Å². The first-order valence-electron chi connectivity index (χ1n) is 7.03. The van der Waals surface area contributed by atoms with Gasteiger partial charge in [0.1, 0.15) is 0 Å². The Labute approximate surface area is 123 Å². The van der Waals surface area contributed by atoms with Crippen molar-refractivity contribution in [2.45, 2.75) is 19.5 Å². The monoisotopic (exact) mass is 286 g/mol. The van der Waals surface area contributed by atoms with E-state index in [4.69, 9.17) is 0 Å². The van der Waals surface area contributed by atoms with Crippen LogP contribution in [0.2, 0.25) is 0 Å². The molecule has 1 aliphatic rings. The Balaban J connectivity index is 1.67. The first-order valence-corrected chi connectivity index (χ1v) is 7.03. The number of nitrogens with one attached hydrogen (secondary N) is 1. The summed E-state index contributed by atoms with van der Waals surface area (Å²) in [6.45, 7) is 4.63. The highest BCUT2D eigenvalue weighted by Crippen LogP contribution is 2.14. The normalized spacial score (nSPS) is 17.5. The number of amides is 1. The third-order valence-electron chi connectivity index (χ3n) is 3.57. The van der Waals surface area contributed by atoms with Crippen LogP contribution in [0.15, 0.2) is 30.6 Å². The molecule has 110 valence electrons. The number of hydrogen-bond acceptors (Lipinski definition) is 5. The number of piperazine rings is 1. The lowest BCUT2D eigenvalue weighted by Gasteiger charge is -2.25. The Morgan fingerprint density at radius 3 is 3.10 bits per heavy atom. The Morgan fingerprint density at radius 2 is 2.33 bits per heavy atom. The number of pyridine rings is 1. The van der Waals surface area contributed by atoms with Gasteiger partial charge in [-0.15, -0.1) is 5.10 Å². The molecule has 21 heavy (non-hydrogen) atoms. The van der Waals surface area contributed by atoms with Crippen LogP contribution in [0.5, 0.6) is 0 Å². The van der Waals surface area contributed by atoms with E-state index in [0.29, 0.717) is 19.6 Å². The third-order valence-corrected chi connectivity index (χ3v) is 3.57. The summed E-state index contributed by atoms with van der Waals surface area (Å²) in [5, 5.41) is 11.2. The van der Waals surface area contributed by atoms with Crippen LogP contribution < -0.4 is 5.32 Å². The standard InChI is InChI=1S/C14H18N6O/c1-11(13-4-2-3-5-15-13)20-9-12(17-18-20)8-19-7-6-16-14(21)10-19/h2-5,9,11H,6-8,10H2,1H3,(H,16,21)/t11-/m1/s1. The zero-order valence-corrected chi connectivity index (χ0v) is 11.9. The lowest BCUT2D eigenvalue weighted by atomic mass is 10.2. The molecule has 0 aliphatic carbocycles. The van der Waals surface area contributed by atoms with Gasteiger partial charge in [-0.05, 0) is 19.1 Å². The van der Waals surface area contributed by atoms with Crippen molar-refractivity contribution in [3.63, 3.8) is 0 Å². The van der Waals surface area contributed by atoms with E-state index < -0.39 is 0 Å². The molecule has 7 nitrogen and oxygen atoms in total. The molecule has 2 aromatic rings. The zero-order valence-electron chi connectivity index (χ0n) is 11.9. The molecule has 7 heteroatoms. The van der Waals surface area contributed by atoms with Crippen LogP contribution in [-0.4, -0.2) is 50.4 Å². The van der Waals surface area contributed by atoms with Gasteiger partial charge in [-0.2, -0.15) is 0 Å². The summed E-state index contributed by atoms with van der Waals surface area (Å²) in [6.07, 6.45) is 3.70. The van der Waals surface area contributed by atoms with Gasteiger partial charge in [-0.1, -0.05) is 11.3 Å². The molecular formula is C14H18N6O. The van der Waals surface area contributed by atoms with Crippen molar-refractivity contribution >= 4 is 5.91 Å². The number of carbonyl (C=O) groups excluding carboxylic acids is 1. The van der Waals surface area contributed by atoms with E-state index in [-0.39, 0.29) is 11.9 Å². The van der Waals surface area contributed by atoms with E-state index >= 15 is 0 Å². The van der Waals surface area contributed by atoms with Gasteiger partial charge in [-0.3, -0.25) is 14.7 Å². The second-order valence-electron chi connectivity index (χ2n) is 5.18. The van der Waals surface area contributed by atoms with Crippen LogP contribution in [0.1, 0.15) is 24.4 Å². The molecule has 1 aliphatic heterocycles. The summed E-state index contributed by atoms with van der Waals surface area (Å²) >= 11 is 0. The average molecular weight is 286 g/mol. The molecule has 3 heterocycles. The summed E-state index contributed by atoms with van der Waals surface area (Å²) in [4.78, 5) is 17.8. The fraction of sp³-hybridized carbons (Fsp3) is 0.429. The molecule has 1 atom stereocenters. The zero-order chi connectivity index (χ0) is 14.7. The van der Waals surface area contributed by atoms with Gasteiger partial charge < -0.3 is 5.32 Å². The Kier molecular flexibility index (Phi) is 3.92. The van der Waals surface area contributed by atoms with E-state index in [0.717, 1.165) is 17.9 Å². The van der Waals surface area contributed by atoms with Gasteiger partial charge in [0.25, 0.3) is 0 Å². The van der Waals surface area contributed by atoms with Crippen LogP contribution >= 0.6 is 0 Å². The Morgan fingerprint density at radius 1 is 1.43 bits per heavy atom. The number of aromatic nitrogens is 4. The van der Waals surface area contributed by atoms with Crippen LogP contribution in [0.25, 0.3) is 0 Å². The van der Waals surface area contributed by atoms with E-state index in [1.807, 2.05) is 36.0 Å². The summed E-state index contributed by atoms with van der Waals surface area (Å²) < 4.78 is 1.81. The quantitative estimate of drug-likeness (QED) is 0.870. The van der Waals surface area contributed by atoms with Crippen molar-refractivity contribution in [3.05, 3.63) is 42.0 Å². The van der Waals surface area contributed by atoms with Crippen LogP contribution in [0.4, 0.5) is 0 Å². The second-order valence-corrected chi connectivity index (χ2v) is 5.18. The molecule has 0 radical (unpaired) electrons. The Bertz CT molecular complexity index is 611. The van der Waals surface area contributed by atoms with Crippen molar-refractivity contribution in [2.24, 2.45) is 0 Å². The predicted octanol–water partition coefficient (Wildman–Crippen LogP) is 0.214. The van der Waals surface area contributed by atoms with Crippen molar-refractivity contribution < 1.29 is 4.79 Å². The van der Waals surface area contributed by atoms with Crippen molar-refractivity contribution in [1.82, 2.24) is 30.2 Å². The smallest absolute Gasteiger partial charge is 0.234 e. The van der Waals surface area contributed by atoms with E-state index in [2.05, 4.69) is 25.5 Å². The fourth-order valence-electron chi connectivity index (χ4n) is 2.39. The topological polar surface area (TPSA) is 75.9 Å². The molecule has 1 N–H and O–H groups in total. The summed E-state index contributed by atoms with van der Waals surface area (Å²) in [5.41, 5.74) is 1.82. The Hall–Kier alpha value is -2.28. The van der Waals surface area contributed by atoms with Crippen molar-refractivity contribution in [3.8, 4) is 0 Å². The number of carbonyl (C=O) groups is 1. The summed E-state index contributed by atoms with van der Waals surface area (Å²) in [7, 11) is 0. The molecule has 1 saturated heterocycles. The highest BCUT2D eigenvalue weighted by Gasteiger charge is 2.18. The van der Waals surface area contributed by atoms with Gasteiger partial charge in [0.15, 0.2) is 0 Å². The van der Waals surface area contributed by atoms with Gasteiger partial charge in [0.2, 0.25) is 5.91 Å². The highest BCUT2D eigenvalue weighted by atomic mass is 16.2. The maximum atomic E-state index is 11.4. The number of nitrogens with zero attached hydrogens (tertiary/aromatic N) is 5. The molecule has 1 fully saturated rings. The van der Waals surface area contributed by atoms with Gasteiger partial charge in [0, 0.05) is 25.8 Å². The molecule has 0 aromatic carbocycles. The first kappa shape index (κ1) is 13.7. The molecule has 0 spiro atoms. The SMILES string of the molecule is C[C@H](c1ccccn1)n1cc(CN2CCNC(=O)C2)nn1. The molecule has 0 unspecified atom stereocenters. The van der Waals surface area contributed by atoms with E-state index in [1.54, 1.807) is 6.20 Å². The molecular weight excluding hydrogens is 268 g/mol. The molecule has 1 amide bonds. The molecule has 3 rings (SSSR count). The average Bonchev–Trinajstić information content (AvgIpc) is 2.96. The molecule has 0 bridgehead atoms. The maximum Gasteiger partial charge on any atom is 0.234 e. The minimum atomic E-state index is 0.0390. The lowest BCUT2D eigenvalue weighted by molar-refractivity contribution is -0.124. The van der Waals surface area contributed by atoms with Crippen LogP contribution in [-0.2, 0) is 11.3 Å². The van der Waals surface area contributed by atoms with Gasteiger partial charge >= 0.3 is 0 Å². The fourth-order valence-corrected chi connectivity index (χ4v) is 2.39. The number of rotatable bonds is 4. The van der Waals surface area contributed by atoms with Gasteiger partial charge in [0.05, 0.1) is 30.2 Å². The maximum absolute atomic E-state index is 11.4. The second kappa shape index (κ2) is 6.01. The number of hydrogen-bond donors (Lipinski definition) is 1. The summed E-state index contributed by atoms with van der Waals surface area (Å²) in [5.74, 6) is 0.0653. The highest BCUT2D eigenvalue weighted by molar-refractivity contribution is 5.78. The predicted molar refractivity (Wildman–Crippen MR) is 76.4 cm³/mol.